The molecule has 0 radical (unpaired) electrons. The van der Waals surface area contributed by atoms with Crippen molar-refractivity contribution in [3.05, 3.63) is 14.7 Å². The molecule has 1 rings (SSSR count). The number of amides is 2. The van der Waals surface area contributed by atoms with Crippen LogP contribution in [0.15, 0.2) is 9.85 Å². The quantitative estimate of drug-likeness (QED) is 0.673. The maximum atomic E-state index is 12.5. The number of carboxylic acids is 1. The van der Waals surface area contributed by atoms with E-state index in [1.807, 2.05) is 0 Å². The molecule has 1 aromatic rings. The van der Waals surface area contributed by atoms with Crippen LogP contribution >= 0.6 is 27.3 Å². The molecule has 24 heavy (non-hydrogen) atoms. The van der Waals surface area contributed by atoms with Crippen molar-refractivity contribution in [1.29, 1.82) is 0 Å². The number of ether oxygens (including phenoxy) is 1. The van der Waals surface area contributed by atoms with Crippen LogP contribution in [0.2, 0.25) is 0 Å². The Kier molecular flexibility index (Phi) is 6.79. The molecule has 0 spiro atoms. The second-order valence-corrected chi connectivity index (χ2v) is 8.89. The normalized spacial score (nSPS) is 12.6. The van der Waals surface area contributed by atoms with Gasteiger partial charge in [0.15, 0.2) is 0 Å². The van der Waals surface area contributed by atoms with Crippen LogP contribution in [0, 0.1) is 5.92 Å². The smallest absolute Gasteiger partial charge is 0.408 e. The summed E-state index contributed by atoms with van der Waals surface area (Å²) in [4.78, 5) is 35.6. The van der Waals surface area contributed by atoms with Crippen LogP contribution in [0.5, 0.6) is 0 Å². The average molecular weight is 421 g/mol. The molecule has 0 saturated heterocycles. The van der Waals surface area contributed by atoms with E-state index in [0.717, 1.165) is 11.3 Å². The minimum absolute atomic E-state index is 0.00926. The molecular weight excluding hydrogens is 400 g/mol. The average Bonchev–Trinajstić information content (AvgIpc) is 2.74. The van der Waals surface area contributed by atoms with Gasteiger partial charge in [0, 0.05) is 0 Å². The monoisotopic (exact) mass is 420 g/mol. The molecule has 9 heteroatoms. The molecule has 0 aliphatic rings. The lowest BCUT2D eigenvalue weighted by Crippen LogP contribution is -2.48. The van der Waals surface area contributed by atoms with Gasteiger partial charge in [-0.1, -0.05) is 13.8 Å². The Morgan fingerprint density at radius 2 is 1.88 bits per heavy atom. The lowest BCUT2D eigenvalue weighted by molar-refractivity contribution is -0.119. The van der Waals surface area contributed by atoms with E-state index in [1.54, 1.807) is 34.6 Å². The van der Waals surface area contributed by atoms with Gasteiger partial charge in [-0.05, 0) is 48.7 Å². The van der Waals surface area contributed by atoms with Crippen molar-refractivity contribution >= 4 is 50.9 Å². The number of alkyl carbamates (subject to hydrolysis) is 1. The zero-order chi connectivity index (χ0) is 18.7. The summed E-state index contributed by atoms with van der Waals surface area (Å²) in [5.74, 6) is -1.86. The van der Waals surface area contributed by atoms with E-state index in [4.69, 9.17) is 9.84 Å². The highest BCUT2D eigenvalue weighted by molar-refractivity contribution is 9.11. The highest BCUT2D eigenvalue weighted by Gasteiger charge is 2.28. The van der Waals surface area contributed by atoms with E-state index >= 15 is 0 Å². The summed E-state index contributed by atoms with van der Waals surface area (Å²) in [6.45, 7) is 8.70. The predicted molar refractivity (Wildman–Crippen MR) is 95.6 cm³/mol. The molecule has 2 amide bonds. The van der Waals surface area contributed by atoms with Crippen molar-refractivity contribution in [3.63, 3.8) is 0 Å². The van der Waals surface area contributed by atoms with Gasteiger partial charge in [0.25, 0.3) is 0 Å². The third-order valence-corrected chi connectivity index (χ3v) is 4.40. The van der Waals surface area contributed by atoms with Crippen molar-refractivity contribution in [3.8, 4) is 0 Å². The van der Waals surface area contributed by atoms with Gasteiger partial charge < -0.3 is 20.5 Å². The Morgan fingerprint density at radius 3 is 2.33 bits per heavy atom. The number of carbonyl (C=O) groups excluding carboxylic acids is 2. The third-order valence-electron chi connectivity index (χ3n) is 2.78. The molecule has 1 heterocycles. The summed E-state index contributed by atoms with van der Waals surface area (Å²) in [5.41, 5.74) is -0.502. The topological polar surface area (TPSA) is 105 Å². The van der Waals surface area contributed by atoms with Gasteiger partial charge in [0.05, 0.1) is 9.47 Å². The second-order valence-electron chi connectivity index (χ2n) is 6.46. The first-order valence-electron chi connectivity index (χ1n) is 7.23. The predicted octanol–water partition coefficient (Wildman–Crippen LogP) is 3.70. The largest absolute Gasteiger partial charge is 0.477 e. The van der Waals surface area contributed by atoms with E-state index in [2.05, 4.69) is 26.6 Å². The molecule has 0 aromatic carbocycles. The van der Waals surface area contributed by atoms with Gasteiger partial charge in [0.2, 0.25) is 5.91 Å². The molecule has 134 valence electrons. The Hall–Kier alpha value is -1.61. The van der Waals surface area contributed by atoms with Crippen molar-refractivity contribution in [2.75, 3.05) is 5.32 Å². The standard InChI is InChI=1S/C15H21BrN2O5S/c1-7(2)10(18-14(22)23-15(3,4)5)12(19)17-8-6-9(16)24-11(8)13(20)21/h6-7,10H,1-5H3,(H,17,19)(H,18,22)(H,20,21). The Balaban J connectivity index is 2.88. The first-order valence-corrected chi connectivity index (χ1v) is 8.84. The lowest BCUT2D eigenvalue weighted by Gasteiger charge is -2.25. The van der Waals surface area contributed by atoms with Crippen LogP contribution in [-0.4, -0.2) is 34.7 Å². The molecule has 1 aromatic heterocycles. The molecule has 7 nitrogen and oxygen atoms in total. The molecule has 0 fully saturated rings. The van der Waals surface area contributed by atoms with E-state index in [1.165, 1.54) is 6.07 Å². The number of hydrogen-bond acceptors (Lipinski definition) is 5. The number of carboxylic acid groups (broad SMARTS) is 1. The molecule has 0 aliphatic heterocycles. The van der Waals surface area contributed by atoms with Crippen LogP contribution in [0.1, 0.15) is 44.3 Å². The number of rotatable bonds is 5. The van der Waals surface area contributed by atoms with E-state index in [-0.39, 0.29) is 16.5 Å². The fraction of sp³-hybridized carbons (Fsp3) is 0.533. The highest BCUT2D eigenvalue weighted by Crippen LogP contribution is 2.31. The Labute approximate surface area is 152 Å². The summed E-state index contributed by atoms with van der Waals surface area (Å²) < 4.78 is 5.74. The number of nitrogens with one attached hydrogen (secondary N) is 2. The third kappa shape index (κ3) is 6.12. The summed E-state index contributed by atoms with van der Waals surface area (Å²) in [6.07, 6.45) is -0.707. The molecule has 0 saturated carbocycles. The van der Waals surface area contributed by atoms with Crippen LogP contribution in [-0.2, 0) is 9.53 Å². The Morgan fingerprint density at radius 1 is 1.29 bits per heavy atom. The summed E-state index contributed by atoms with van der Waals surface area (Å²) >= 11 is 4.19. The van der Waals surface area contributed by atoms with Gasteiger partial charge >= 0.3 is 12.1 Å². The molecule has 0 aliphatic carbocycles. The first-order chi connectivity index (χ1) is 10.9. The maximum absolute atomic E-state index is 12.5. The summed E-state index contributed by atoms with van der Waals surface area (Å²) in [7, 11) is 0. The summed E-state index contributed by atoms with van der Waals surface area (Å²) in [5, 5.41) is 14.2. The molecule has 1 atom stereocenters. The van der Waals surface area contributed by atoms with E-state index in [9.17, 15) is 14.4 Å². The van der Waals surface area contributed by atoms with Crippen LogP contribution in [0.4, 0.5) is 10.5 Å². The van der Waals surface area contributed by atoms with Gasteiger partial charge in [-0.25, -0.2) is 9.59 Å². The number of halogens is 1. The fourth-order valence-electron chi connectivity index (χ4n) is 1.79. The van der Waals surface area contributed by atoms with Gasteiger partial charge in [-0.15, -0.1) is 11.3 Å². The van der Waals surface area contributed by atoms with Crippen LogP contribution in [0.25, 0.3) is 0 Å². The van der Waals surface area contributed by atoms with Crippen LogP contribution < -0.4 is 10.6 Å². The molecule has 3 N–H and O–H groups in total. The van der Waals surface area contributed by atoms with E-state index in [0.29, 0.717) is 3.79 Å². The van der Waals surface area contributed by atoms with Crippen molar-refractivity contribution in [2.45, 2.75) is 46.3 Å². The molecular formula is C15H21BrN2O5S. The Bertz CT molecular complexity index is 636. The van der Waals surface area contributed by atoms with Gasteiger partial charge in [-0.3, -0.25) is 4.79 Å². The minimum Gasteiger partial charge on any atom is -0.477 e. The van der Waals surface area contributed by atoms with Gasteiger partial charge in [-0.2, -0.15) is 0 Å². The number of hydrogen-bond donors (Lipinski definition) is 3. The number of thiophene rings is 1. The zero-order valence-corrected chi connectivity index (χ0v) is 16.5. The second kappa shape index (κ2) is 7.98. The van der Waals surface area contributed by atoms with Crippen LogP contribution in [0.3, 0.4) is 0 Å². The number of aromatic carboxylic acids is 1. The fourth-order valence-corrected chi connectivity index (χ4v) is 3.19. The lowest BCUT2D eigenvalue weighted by atomic mass is 10.0. The maximum Gasteiger partial charge on any atom is 0.408 e. The van der Waals surface area contributed by atoms with E-state index < -0.39 is 29.6 Å². The van der Waals surface area contributed by atoms with Gasteiger partial charge in [0.1, 0.15) is 16.5 Å². The number of anilines is 1. The van der Waals surface area contributed by atoms with Crippen molar-refractivity contribution < 1.29 is 24.2 Å². The highest BCUT2D eigenvalue weighted by atomic mass is 79.9. The van der Waals surface area contributed by atoms with Crippen molar-refractivity contribution in [2.24, 2.45) is 5.92 Å². The minimum atomic E-state index is -1.14. The van der Waals surface area contributed by atoms with Crippen molar-refractivity contribution in [1.82, 2.24) is 5.32 Å². The molecule has 1 unspecified atom stereocenters. The molecule has 0 bridgehead atoms. The zero-order valence-electron chi connectivity index (χ0n) is 14.1. The summed E-state index contributed by atoms with van der Waals surface area (Å²) in [6, 6.07) is 0.650. The number of carbonyl (C=O) groups is 3. The SMILES string of the molecule is CC(C)C(NC(=O)OC(C)(C)C)C(=O)Nc1cc(Br)sc1C(=O)O. The first kappa shape index (κ1) is 20.4.